The summed E-state index contributed by atoms with van der Waals surface area (Å²) in [4.78, 5) is 13.0. The van der Waals surface area contributed by atoms with Crippen molar-refractivity contribution in [3.63, 3.8) is 0 Å². The molecule has 208 valence electrons. The zero-order chi connectivity index (χ0) is 28.5. The Morgan fingerprint density at radius 2 is 1.24 bits per heavy atom. The Balaban J connectivity index is 1.53. The number of nitrogens with zero attached hydrogens (tertiary/aromatic N) is 4. The molecule has 1 amide bonds. The Morgan fingerprint density at radius 1 is 0.756 bits per heavy atom. The number of hydrogen-bond acceptors (Lipinski definition) is 5. The van der Waals surface area contributed by atoms with Gasteiger partial charge < -0.3 is 5.32 Å². The third kappa shape index (κ3) is 6.58. The van der Waals surface area contributed by atoms with Crippen molar-refractivity contribution in [2.24, 2.45) is 5.92 Å². The average Bonchev–Trinajstić information content (AvgIpc) is 3.48. The fourth-order valence-electron chi connectivity index (χ4n) is 5.34. The summed E-state index contributed by atoms with van der Waals surface area (Å²) in [5.41, 5.74) is 3.65. The minimum absolute atomic E-state index is 0.0282. The molecule has 0 radical (unpaired) electrons. The van der Waals surface area contributed by atoms with Crippen LogP contribution in [0.1, 0.15) is 54.4 Å². The van der Waals surface area contributed by atoms with Gasteiger partial charge in [0.15, 0.2) is 5.82 Å². The van der Waals surface area contributed by atoms with Crippen molar-refractivity contribution in [3.05, 3.63) is 149 Å². The molecule has 41 heavy (non-hydrogen) atoms. The van der Waals surface area contributed by atoms with E-state index in [1.54, 1.807) is 4.68 Å². The number of nitrogens with one attached hydrogen (secondary N) is 2. The monoisotopic (exact) mass is 544 g/mol. The van der Waals surface area contributed by atoms with E-state index < -0.39 is 5.54 Å². The molecule has 7 nitrogen and oxygen atoms in total. The summed E-state index contributed by atoms with van der Waals surface area (Å²) in [6, 6.07) is 41.0. The summed E-state index contributed by atoms with van der Waals surface area (Å²) in [7, 11) is 0. The highest BCUT2D eigenvalue weighted by molar-refractivity contribution is 5.75. The molecular formula is C34H36N6O. The minimum Gasteiger partial charge on any atom is -0.350 e. The molecule has 0 aliphatic heterocycles. The van der Waals surface area contributed by atoms with Crippen LogP contribution < -0.4 is 10.6 Å². The van der Waals surface area contributed by atoms with Gasteiger partial charge in [0.25, 0.3) is 0 Å². The summed E-state index contributed by atoms with van der Waals surface area (Å²) >= 11 is 0. The van der Waals surface area contributed by atoms with Gasteiger partial charge in [0, 0.05) is 6.54 Å². The van der Waals surface area contributed by atoms with Crippen LogP contribution in [-0.4, -0.2) is 26.1 Å². The van der Waals surface area contributed by atoms with E-state index in [2.05, 4.69) is 113 Å². The zero-order valence-corrected chi connectivity index (χ0v) is 23.5. The van der Waals surface area contributed by atoms with Crippen LogP contribution in [-0.2, 0) is 23.4 Å². The highest BCUT2D eigenvalue weighted by Crippen LogP contribution is 2.39. The lowest BCUT2D eigenvalue weighted by molar-refractivity contribution is -0.122. The molecular weight excluding hydrogens is 508 g/mol. The summed E-state index contributed by atoms with van der Waals surface area (Å²) in [6.45, 7) is 4.85. The topological polar surface area (TPSA) is 84.7 Å². The molecule has 1 aromatic heterocycles. The lowest BCUT2D eigenvalue weighted by Crippen LogP contribution is -2.47. The van der Waals surface area contributed by atoms with E-state index in [-0.39, 0.29) is 18.5 Å². The Hall–Kier alpha value is -4.62. The number of amides is 1. The van der Waals surface area contributed by atoms with Crippen molar-refractivity contribution in [1.82, 2.24) is 30.8 Å². The zero-order valence-electron chi connectivity index (χ0n) is 23.5. The van der Waals surface area contributed by atoms with Gasteiger partial charge in [-0.3, -0.25) is 10.1 Å². The second-order valence-electron chi connectivity index (χ2n) is 10.6. The van der Waals surface area contributed by atoms with E-state index in [0.717, 1.165) is 28.7 Å². The van der Waals surface area contributed by atoms with Crippen molar-refractivity contribution in [2.75, 3.05) is 0 Å². The molecule has 5 aromatic rings. The van der Waals surface area contributed by atoms with Gasteiger partial charge in [-0.15, -0.1) is 5.10 Å². The van der Waals surface area contributed by atoms with Crippen LogP contribution in [0.15, 0.2) is 121 Å². The molecule has 1 heterocycles. The second kappa shape index (κ2) is 13.2. The molecule has 7 heteroatoms. The van der Waals surface area contributed by atoms with Gasteiger partial charge in [-0.1, -0.05) is 135 Å². The number of aromatic nitrogens is 4. The van der Waals surface area contributed by atoms with Gasteiger partial charge >= 0.3 is 0 Å². The van der Waals surface area contributed by atoms with Crippen LogP contribution in [0, 0.1) is 5.92 Å². The molecule has 5 rings (SSSR count). The van der Waals surface area contributed by atoms with Crippen LogP contribution in [0.4, 0.5) is 0 Å². The average molecular weight is 545 g/mol. The van der Waals surface area contributed by atoms with Crippen LogP contribution in [0.3, 0.4) is 0 Å². The van der Waals surface area contributed by atoms with Crippen LogP contribution in [0.2, 0.25) is 0 Å². The molecule has 0 aliphatic rings. The van der Waals surface area contributed by atoms with E-state index in [1.165, 1.54) is 0 Å². The highest BCUT2D eigenvalue weighted by Gasteiger charge is 2.39. The first-order valence-corrected chi connectivity index (χ1v) is 14.1. The molecule has 0 aliphatic carbocycles. The van der Waals surface area contributed by atoms with Gasteiger partial charge in [0.05, 0.1) is 11.6 Å². The van der Waals surface area contributed by atoms with Gasteiger partial charge in [-0.05, 0) is 45.0 Å². The Morgan fingerprint density at radius 3 is 1.73 bits per heavy atom. The molecule has 0 saturated carbocycles. The predicted octanol–water partition coefficient (Wildman–Crippen LogP) is 5.66. The minimum atomic E-state index is -0.699. The lowest BCUT2D eigenvalue weighted by atomic mass is 9.76. The summed E-state index contributed by atoms with van der Waals surface area (Å²) < 4.78 is 1.62. The Bertz CT molecular complexity index is 1410. The molecule has 0 fully saturated rings. The van der Waals surface area contributed by atoms with Gasteiger partial charge in [-0.25, -0.2) is 4.68 Å². The van der Waals surface area contributed by atoms with E-state index >= 15 is 0 Å². The first-order chi connectivity index (χ1) is 20.1. The number of carbonyl (C=O) groups excluding carboxylic acids is 1. The number of rotatable bonds is 12. The molecule has 0 bridgehead atoms. The van der Waals surface area contributed by atoms with Crippen LogP contribution in [0.5, 0.6) is 0 Å². The number of tetrazole rings is 1. The van der Waals surface area contributed by atoms with E-state index in [4.69, 9.17) is 0 Å². The predicted molar refractivity (Wildman–Crippen MR) is 161 cm³/mol. The van der Waals surface area contributed by atoms with Gasteiger partial charge in [0.1, 0.15) is 6.54 Å². The van der Waals surface area contributed by atoms with E-state index in [9.17, 15) is 4.79 Å². The fourth-order valence-corrected chi connectivity index (χ4v) is 5.34. The van der Waals surface area contributed by atoms with Crippen molar-refractivity contribution in [2.45, 2.75) is 44.9 Å². The van der Waals surface area contributed by atoms with E-state index in [0.29, 0.717) is 18.3 Å². The first-order valence-electron chi connectivity index (χ1n) is 14.1. The number of benzene rings is 4. The SMILES string of the molecule is CC(C)C[C@@H](NC(c1ccccc1)(c1ccccc1)c1ccccc1)c1nnnn1CC(=O)NCc1ccccc1. The molecule has 0 saturated heterocycles. The molecule has 0 unspecified atom stereocenters. The van der Waals surface area contributed by atoms with Crippen LogP contribution in [0.25, 0.3) is 0 Å². The summed E-state index contributed by atoms with van der Waals surface area (Å²) in [5, 5.41) is 19.7. The third-order valence-corrected chi connectivity index (χ3v) is 7.22. The van der Waals surface area contributed by atoms with Crippen molar-refractivity contribution in [3.8, 4) is 0 Å². The van der Waals surface area contributed by atoms with Crippen LogP contribution >= 0.6 is 0 Å². The summed E-state index contributed by atoms with van der Waals surface area (Å²) in [5.74, 6) is 0.816. The maximum Gasteiger partial charge on any atom is 0.242 e. The number of carbonyl (C=O) groups is 1. The smallest absolute Gasteiger partial charge is 0.242 e. The van der Waals surface area contributed by atoms with E-state index in [1.807, 2.05) is 48.5 Å². The highest BCUT2D eigenvalue weighted by atomic mass is 16.2. The van der Waals surface area contributed by atoms with Gasteiger partial charge in [-0.2, -0.15) is 0 Å². The molecule has 1 atom stereocenters. The quantitative estimate of drug-likeness (QED) is 0.198. The van der Waals surface area contributed by atoms with Crippen molar-refractivity contribution in [1.29, 1.82) is 0 Å². The lowest BCUT2D eigenvalue weighted by Gasteiger charge is -2.40. The Kier molecular flexibility index (Phi) is 8.96. The standard InChI is InChI=1S/C34H36N6O/c1-26(2)23-31(33-37-38-39-40(33)25-32(41)35-24-27-15-7-3-8-16-27)36-34(28-17-9-4-10-18-28,29-19-11-5-12-20-29)30-21-13-6-14-22-30/h3-22,26,31,36H,23-25H2,1-2H3,(H,35,41)/t31-/m1/s1. The maximum atomic E-state index is 13.0. The summed E-state index contributed by atoms with van der Waals surface area (Å²) in [6.07, 6.45) is 0.764. The van der Waals surface area contributed by atoms with Crippen molar-refractivity contribution >= 4 is 5.91 Å². The third-order valence-electron chi connectivity index (χ3n) is 7.22. The molecule has 0 spiro atoms. The fraction of sp³-hybridized carbons (Fsp3) is 0.235. The maximum absolute atomic E-state index is 13.0. The van der Waals surface area contributed by atoms with Gasteiger partial charge in [0.2, 0.25) is 5.91 Å². The first kappa shape index (κ1) is 27.9. The van der Waals surface area contributed by atoms with Crippen molar-refractivity contribution < 1.29 is 4.79 Å². The Labute approximate surface area is 241 Å². The molecule has 2 N–H and O–H groups in total. The second-order valence-corrected chi connectivity index (χ2v) is 10.6. The normalized spacial score (nSPS) is 12.3. The largest absolute Gasteiger partial charge is 0.350 e. The number of hydrogen-bond donors (Lipinski definition) is 2. The molecule has 4 aromatic carbocycles.